The number of hydrogen-bond donors (Lipinski definition) is 1. The van der Waals surface area contributed by atoms with Gasteiger partial charge in [0.1, 0.15) is 5.75 Å². The quantitative estimate of drug-likeness (QED) is 0.867. The molecule has 0 bridgehead atoms. The average molecular weight is 347 g/mol. The van der Waals surface area contributed by atoms with Crippen LogP contribution in [0.2, 0.25) is 0 Å². The molecule has 0 spiro atoms. The van der Waals surface area contributed by atoms with Crippen molar-refractivity contribution < 1.29 is 17.9 Å². The normalized spacial score (nSPS) is 19.4. The molecule has 1 saturated heterocycles. The summed E-state index contributed by atoms with van der Waals surface area (Å²) in [5, 5.41) is 3.23. The highest BCUT2D eigenvalue weighted by Gasteiger charge is 2.31. The monoisotopic (exact) mass is 345 g/mol. The fourth-order valence-electron chi connectivity index (χ4n) is 1.95. The van der Waals surface area contributed by atoms with E-state index >= 15 is 0 Å². The minimum Gasteiger partial charge on any atom is -0.406 e. The molecule has 2 rings (SSSR count). The Kier molecular flexibility index (Phi) is 5.31. The maximum absolute atomic E-state index is 12.1. The predicted molar refractivity (Wildman–Crippen MR) is 68.1 cm³/mol. The Labute approximate surface area is 117 Å². The van der Waals surface area contributed by atoms with E-state index in [0.29, 0.717) is 4.47 Å². The maximum Gasteiger partial charge on any atom is 0.573 e. The van der Waals surface area contributed by atoms with E-state index in [2.05, 4.69) is 26.0 Å². The molecule has 1 aliphatic heterocycles. The molecule has 1 aliphatic rings. The fraction of sp³-hybridized carbons (Fsp3) is 0.455. The van der Waals surface area contributed by atoms with E-state index in [4.69, 9.17) is 0 Å². The zero-order valence-corrected chi connectivity index (χ0v) is 11.7. The van der Waals surface area contributed by atoms with Crippen LogP contribution in [0.3, 0.4) is 0 Å². The van der Waals surface area contributed by atoms with Crippen LogP contribution in [-0.4, -0.2) is 12.9 Å². The lowest BCUT2D eigenvalue weighted by atomic mass is 10.1. The van der Waals surface area contributed by atoms with E-state index in [1.807, 2.05) is 6.07 Å². The van der Waals surface area contributed by atoms with Gasteiger partial charge in [-0.3, -0.25) is 0 Å². The van der Waals surface area contributed by atoms with Gasteiger partial charge in [0, 0.05) is 10.5 Å². The first kappa shape index (κ1) is 15.6. The molecule has 1 heterocycles. The standard InChI is InChI=1S/C11H11BrF3NO.ClH/c12-8-4-7(10-2-1-3-16-10)5-9(6-8)17-11(13,14)15;/h4-6,10,16H,1-3H2;1H/t10-;/m1./s1. The lowest BCUT2D eigenvalue weighted by molar-refractivity contribution is -0.274. The van der Waals surface area contributed by atoms with Gasteiger partial charge in [0.05, 0.1) is 0 Å². The Bertz CT molecular complexity index is 408. The Morgan fingerprint density at radius 3 is 2.56 bits per heavy atom. The minimum absolute atomic E-state index is 0. The second-order valence-electron chi connectivity index (χ2n) is 3.92. The van der Waals surface area contributed by atoms with E-state index in [1.54, 1.807) is 0 Å². The van der Waals surface area contributed by atoms with Gasteiger partial charge < -0.3 is 10.1 Å². The number of ether oxygens (including phenoxy) is 1. The summed E-state index contributed by atoms with van der Waals surface area (Å²) in [5.74, 6) is -0.185. The molecular weight excluding hydrogens is 334 g/mol. The molecule has 0 aliphatic carbocycles. The highest BCUT2D eigenvalue weighted by atomic mass is 79.9. The topological polar surface area (TPSA) is 21.3 Å². The molecule has 0 aromatic heterocycles. The molecule has 1 N–H and O–H groups in total. The van der Waals surface area contributed by atoms with Crippen molar-refractivity contribution in [2.24, 2.45) is 0 Å². The molecule has 7 heteroatoms. The zero-order valence-electron chi connectivity index (χ0n) is 9.26. The van der Waals surface area contributed by atoms with E-state index < -0.39 is 6.36 Å². The van der Waals surface area contributed by atoms with Crippen LogP contribution in [0.4, 0.5) is 13.2 Å². The number of hydrogen-bond acceptors (Lipinski definition) is 2. The van der Waals surface area contributed by atoms with Crippen LogP contribution >= 0.6 is 28.3 Å². The third kappa shape index (κ3) is 4.33. The Balaban J connectivity index is 0.00000162. The fourth-order valence-corrected chi connectivity index (χ4v) is 2.44. The molecule has 2 nitrogen and oxygen atoms in total. The smallest absolute Gasteiger partial charge is 0.406 e. The van der Waals surface area contributed by atoms with E-state index in [-0.39, 0.29) is 24.2 Å². The molecule has 0 amide bonds. The molecule has 102 valence electrons. The van der Waals surface area contributed by atoms with Crippen molar-refractivity contribution in [3.63, 3.8) is 0 Å². The molecule has 1 aromatic carbocycles. The lowest BCUT2D eigenvalue weighted by Crippen LogP contribution is -2.18. The van der Waals surface area contributed by atoms with Crippen LogP contribution in [0.1, 0.15) is 24.4 Å². The SMILES string of the molecule is Cl.FC(F)(F)Oc1cc(Br)cc([C@H]2CCCN2)c1. The van der Waals surface area contributed by atoms with Gasteiger partial charge in [-0.05, 0) is 43.1 Å². The Morgan fingerprint density at radius 2 is 2.00 bits per heavy atom. The summed E-state index contributed by atoms with van der Waals surface area (Å²) < 4.78 is 40.9. The first-order valence-corrected chi connectivity index (χ1v) is 6.03. The zero-order chi connectivity index (χ0) is 12.5. The summed E-state index contributed by atoms with van der Waals surface area (Å²) in [5.41, 5.74) is 0.816. The van der Waals surface area contributed by atoms with Gasteiger partial charge in [-0.2, -0.15) is 0 Å². The Hall–Kier alpha value is -0.460. The number of nitrogens with one attached hydrogen (secondary N) is 1. The van der Waals surface area contributed by atoms with Gasteiger partial charge in [-0.25, -0.2) is 0 Å². The second kappa shape index (κ2) is 6.12. The highest BCUT2D eigenvalue weighted by molar-refractivity contribution is 9.10. The van der Waals surface area contributed by atoms with Gasteiger partial charge in [0.25, 0.3) is 0 Å². The molecule has 1 atom stereocenters. The van der Waals surface area contributed by atoms with E-state index in [9.17, 15) is 13.2 Å². The van der Waals surface area contributed by atoms with Crippen molar-refractivity contribution in [3.05, 3.63) is 28.2 Å². The average Bonchev–Trinajstić information content (AvgIpc) is 2.65. The van der Waals surface area contributed by atoms with Crippen LogP contribution in [0.25, 0.3) is 0 Å². The predicted octanol–water partition coefficient (Wildman–Crippen LogP) is 4.19. The number of rotatable bonds is 2. The van der Waals surface area contributed by atoms with Gasteiger partial charge in [-0.15, -0.1) is 25.6 Å². The summed E-state index contributed by atoms with van der Waals surface area (Å²) in [6.07, 6.45) is -2.68. The molecule has 0 radical (unpaired) electrons. The molecule has 0 unspecified atom stereocenters. The van der Waals surface area contributed by atoms with Gasteiger partial charge in [0.15, 0.2) is 0 Å². The van der Waals surface area contributed by atoms with Crippen LogP contribution in [-0.2, 0) is 0 Å². The Morgan fingerprint density at radius 1 is 1.28 bits per heavy atom. The molecule has 18 heavy (non-hydrogen) atoms. The van der Waals surface area contributed by atoms with E-state index in [0.717, 1.165) is 24.9 Å². The third-order valence-corrected chi connectivity index (χ3v) is 3.05. The second-order valence-corrected chi connectivity index (χ2v) is 4.83. The van der Waals surface area contributed by atoms with E-state index in [1.165, 1.54) is 12.1 Å². The van der Waals surface area contributed by atoms with Crippen molar-refractivity contribution in [1.82, 2.24) is 5.32 Å². The molecule has 0 saturated carbocycles. The third-order valence-electron chi connectivity index (χ3n) is 2.59. The van der Waals surface area contributed by atoms with Crippen molar-refractivity contribution in [2.75, 3.05) is 6.54 Å². The first-order chi connectivity index (χ1) is 7.94. The van der Waals surface area contributed by atoms with Crippen LogP contribution in [0.5, 0.6) is 5.75 Å². The molecule has 1 aromatic rings. The maximum atomic E-state index is 12.1. The van der Waals surface area contributed by atoms with Crippen LogP contribution < -0.4 is 10.1 Å². The van der Waals surface area contributed by atoms with Crippen molar-refractivity contribution >= 4 is 28.3 Å². The van der Waals surface area contributed by atoms with Crippen molar-refractivity contribution in [1.29, 1.82) is 0 Å². The molecular formula is C11H12BrClF3NO. The summed E-state index contributed by atoms with van der Waals surface area (Å²) in [6, 6.07) is 4.67. The highest BCUT2D eigenvalue weighted by Crippen LogP contribution is 2.32. The summed E-state index contributed by atoms with van der Waals surface area (Å²) >= 11 is 3.19. The summed E-state index contributed by atoms with van der Waals surface area (Å²) in [6.45, 7) is 0.895. The van der Waals surface area contributed by atoms with Crippen LogP contribution in [0.15, 0.2) is 22.7 Å². The summed E-state index contributed by atoms with van der Waals surface area (Å²) in [7, 11) is 0. The number of halogens is 5. The van der Waals surface area contributed by atoms with Crippen molar-refractivity contribution in [3.8, 4) is 5.75 Å². The van der Waals surface area contributed by atoms with Gasteiger partial charge >= 0.3 is 6.36 Å². The summed E-state index contributed by atoms with van der Waals surface area (Å²) in [4.78, 5) is 0. The molecule has 1 fully saturated rings. The minimum atomic E-state index is -4.65. The van der Waals surface area contributed by atoms with Crippen molar-refractivity contribution in [2.45, 2.75) is 25.2 Å². The van der Waals surface area contributed by atoms with Gasteiger partial charge in [0.2, 0.25) is 0 Å². The number of alkyl halides is 3. The lowest BCUT2D eigenvalue weighted by Gasteiger charge is -2.14. The van der Waals surface area contributed by atoms with Gasteiger partial charge in [-0.1, -0.05) is 15.9 Å². The van der Waals surface area contributed by atoms with Crippen LogP contribution in [0, 0.1) is 0 Å². The number of benzene rings is 1. The first-order valence-electron chi connectivity index (χ1n) is 5.24. The largest absolute Gasteiger partial charge is 0.573 e.